The van der Waals surface area contributed by atoms with E-state index in [-0.39, 0.29) is 5.75 Å². The lowest BCUT2D eigenvalue weighted by molar-refractivity contribution is 0.0403. The van der Waals surface area contributed by atoms with Crippen molar-refractivity contribution in [3.8, 4) is 0 Å². The predicted molar refractivity (Wildman–Crippen MR) is 62.4 cm³/mol. The summed E-state index contributed by atoms with van der Waals surface area (Å²) < 4.78 is 36.3. The molecule has 98 valence electrons. The number of halogens is 1. The maximum atomic E-state index is 10.5. The average molecular weight is 275 g/mol. The third kappa shape index (κ3) is 14.1. The summed E-state index contributed by atoms with van der Waals surface area (Å²) in [6, 6.07) is 0. The van der Waals surface area contributed by atoms with E-state index in [1.165, 1.54) is 0 Å². The molecule has 5 nitrogen and oxygen atoms in total. The summed E-state index contributed by atoms with van der Waals surface area (Å²) in [6.07, 6.45) is 1.27. The van der Waals surface area contributed by atoms with Gasteiger partial charge in [-0.25, -0.2) is 8.42 Å². The molecule has 0 aliphatic heterocycles. The fourth-order valence-corrected chi connectivity index (χ4v) is 1.75. The van der Waals surface area contributed by atoms with E-state index in [0.29, 0.717) is 39.5 Å². The van der Waals surface area contributed by atoms with Gasteiger partial charge in [-0.3, -0.25) is 0 Å². The monoisotopic (exact) mass is 274 g/mol. The van der Waals surface area contributed by atoms with Crippen molar-refractivity contribution in [3.63, 3.8) is 0 Å². The topological polar surface area (TPSA) is 61.8 Å². The molecule has 7 heteroatoms. The van der Waals surface area contributed by atoms with Gasteiger partial charge in [0.25, 0.3) is 0 Å². The van der Waals surface area contributed by atoms with Crippen LogP contribution in [0.4, 0.5) is 0 Å². The number of ether oxygens (including phenoxy) is 3. The molecular weight excluding hydrogens is 256 g/mol. The third-order valence-corrected chi connectivity index (χ3v) is 2.93. The van der Waals surface area contributed by atoms with Crippen LogP contribution < -0.4 is 0 Å². The molecule has 0 atom stereocenters. The molecule has 0 aromatic rings. The van der Waals surface area contributed by atoms with E-state index in [9.17, 15) is 8.42 Å². The summed E-state index contributed by atoms with van der Waals surface area (Å²) in [5.41, 5.74) is 0. The zero-order valence-electron chi connectivity index (χ0n) is 9.48. The summed E-state index contributed by atoms with van der Waals surface area (Å²) >= 11 is 0. The minimum atomic E-state index is -3.38. The quantitative estimate of drug-likeness (QED) is 0.416. The fraction of sp³-hybridized carbons (Fsp3) is 1.00. The number of hydrogen-bond donors (Lipinski definition) is 0. The molecule has 0 saturated heterocycles. The molecule has 0 aliphatic carbocycles. The second kappa shape index (κ2) is 10.3. The molecule has 0 radical (unpaired) electrons. The first-order chi connectivity index (χ1) is 7.56. The molecule has 0 spiro atoms. The second-order valence-electron chi connectivity index (χ2n) is 3.17. The van der Waals surface area contributed by atoms with Crippen LogP contribution in [0.3, 0.4) is 0 Å². The Bertz CT molecular complexity index is 242. The van der Waals surface area contributed by atoms with Gasteiger partial charge in [0.05, 0.1) is 19.0 Å². The molecule has 0 N–H and O–H groups in total. The third-order valence-electron chi connectivity index (χ3n) is 1.69. The first-order valence-corrected chi connectivity index (χ1v) is 7.61. The van der Waals surface area contributed by atoms with Gasteiger partial charge in [-0.15, -0.1) is 0 Å². The van der Waals surface area contributed by atoms with Crippen molar-refractivity contribution >= 4 is 19.7 Å². The van der Waals surface area contributed by atoms with Crippen LogP contribution in [0, 0.1) is 0 Å². The van der Waals surface area contributed by atoms with E-state index in [4.69, 9.17) is 24.9 Å². The zero-order valence-corrected chi connectivity index (χ0v) is 11.1. The Morgan fingerprint density at radius 3 is 2.00 bits per heavy atom. The van der Waals surface area contributed by atoms with Crippen LogP contribution in [0.1, 0.15) is 12.8 Å². The summed E-state index contributed by atoms with van der Waals surface area (Å²) in [6.45, 7) is 2.70. The summed E-state index contributed by atoms with van der Waals surface area (Å²) in [4.78, 5) is 0. The number of hydrogen-bond acceptors (Lipinski definition) is 5. The molecule has 0 aromatic heterocycles. The lowest BCUT2D eigenvalue weighted by Crippen LogP contribution is -2.09. The maximum absolute atomic E-state index is 10.5. The van der Waals surface area contributed by atoms with Gasteiger partial charge in [-0.2, -0.15) is 0 Å². The van der Waals surface area contributed by atoms with Crippen LogP contribution in [0.15, 0.2) is 0 Å². The van der Waals surface area contributed by atoms with Gasteiger partial charge < -0.3 is 14.2 Å². The van der Waals surface area contributed by atoms with Crippen molar-refractivity contribution in [2.24, 2.45) is 0 Å². The van der Waals surface area contributed by atoms with E-state index in [1.807, 2.05) is 0 Å². The Morgan fingerprint density at radius 2 is 1.50 bits per heavy atom. The molecule has 16 heavy (non-hydrogen) atoms. The van der Waals surface area contributed by atoms with Gasteiger partial charge in [0.1, 0.15) is 0 Å². The molecular formula is C9H19ClO5S. The van der Waals surface area contributed by atoms with Crippen LogP contribution >= 0.6 is 10.7 Å². The lowest BCUT2D eigenvalue weighted by Gasteiger charge is -2.05. The predicted octanol–water partition coefficient (Wildman–Crippen LogP) is 1.01. The molecule has 0 bridgehead atoms. The average Bonchev–Trinajstić information content (AvgIpc) is 2.19. The van der Waals surface area contributed by atoms with Crippen molar-refractivity contribution in [1.82, 2.24) is 0 Å². The smallest absolute Gasteiger partial charge is 0.232 e. The standard InChI is InChI=1S/C9H19ClO5S/c1-13-4-2-5-14-7-8-15-6-3-9-16(10,11)12/h2-9H2,1H3. The molecule has 0 rings (SSSR count). The zero-order chi connectivity index (χ0) is 12.3. The lowest BCUT2D eigenvalue weighted by atomic mass is 10.5. The van der Waals surface area contributed by atoms with Crippen LogP contribution in [0.2, 0.25) is 0 Å². The summed E-state index contributed by atoms with van der Waals surface area (Å²) in [5, 5.41) is 0. The second-order valence-corrected chi connectivity index (χ2v) is 6.06. The fourth-order valence-electron chi connectivity index (χ4n) is 0.961. The Morgan fingerprint density at radius 1 is 0.938 bits per heavy atom. The normalized spacial score (nSPS) is 11.9. The van der Waals surface area contributed by atoms with Gasteiger partial charge in [0.15, 0.2) is 0 Å². The van der Waals surface area contributed by atoms with Gasteiger partial charge in [0, 0.05) is 37.6 Å². The van der Waals surface area contributed by atoms with E-state index < -0.39 is 9.05 Å². The van der Waals surface area contributed by atoms with Gasteiger partial charge in [-0.1, -0.05) is 0 Å². The highest BCUT2D eigenvalue weighted by Gasteiger charge is 2.03. The molecule has 0 aliphatic rings. The first kappa shape index (κ1) is 16.1. The van der Waals surface area contributed by atoms with E-state index in [0.717, 1.165) is 6.42 Å². The molecule has 0 aromatic carbocycles. The number of rotatable bonds is 11. The highest BCUT2D eigenvalue weighted by Crippen LogP contribution is 1.98. The van der Waals surface area contributed by atoms with Crippen LogP contribution in [0.5, 0.6) is 0 Å². The van der Waals surface area contributed by atoms with Crippen molar-refractivity contribution in [2.45, 2.75) is 12.8 Å². The van der Waals surface area contributed by atoms with E-state index >= 15 is 0 Å². The van der Waals surface area contributed by atoms with E-state index in [2.05, 4.69) is 0 Å². The first-order valence-electron chi connectivity index (χ1n) is 5.13. The highest BCUT2D eigenvalue weighted by atomic mass is 35.7. The van der Waals surface area contributed by atoms with Gasteiger partial charge in [0.2, 0.25) is 9.05 Å². The summed E-state index contributed by atoms with van der Waals surface area (Å²) in [7, 11) is 3.29. The van der Waals surface area contributed by atoms with Crippen molar-refractivity contribution in [3.05, 3.63) is 0 Å². The molecule has 0 amide bonds. The Kier molecular flexibility index (Phi) is 10.4. The SMILES string of the molecule is COCCCOCCOCCCS(=O)(=O)Cl. The van der Waals surface area contributed by atoms with Crippen LogP contribution in [0.25, 0.3) is 0 Å². The molecule has 0 heterocycles. The highest BCUT2D eigenvalue weighted by molar-refractivity contribution is 8.13. The van der Waals surface area contributed by atoms with E-state index in [1.54, 1.807) is 7.11 Å². The van der Waals surface area contributed by atoms with Gasteiger partial charge >= 0.3 is 0 Å². The van der Waals surface area contributed by atoms with Crippen LogP contribution in [-0.4, -0.2) is 54.3 Å². The molecule has 0 fully saturated rings. The Balaban J connectivity index is 3.05. The van der Waals surface area contributed by atoms with Crippen LogP contribution in [-0.2, 0) is 23.3 Å². The largest absolute Gasteiger partial charge is 0.385 e. The van der Waals surface area contributed by atoms with Gasteiger partial charge in [-0.05, 0) is 12.8 Å². The van der Waals surface area contributed by atoms with Crippen molar-refractivity contribution in [2.75, 3.05) is 45.9 Å². The Hall–Kier alpha value is 0.120. The molecule has 0 unspecified atom stereocenters. The van der Waals surface area contributed by atoms with Crippen molar-refractivity contribution in [1.29, 1.82) is 0 Å². The Labute approximate surface area is 101 Å². The molecule has 0 saturated carbocycles. The summed E-state index contributed by atoms with van der Waals surface area (Å²) in [5.74, 6) is -0.0523. The number of methoxy groups -OCH3 is 1. The maximum Gasteiger partial charge on any atom is 0.232 e. The minimum Gasteiger partial charge on any atom is -0.385 e. The minimum absolute atomic E-state index is 0.0523. The van der Waals surface area contributed by atoms with Crippen molar-refractivity contribution < 1.29 is 22.6 Å².